The molecule has 0 atom stereocenters. The van der Waals surface area contributed by atoms with Gasteiger partial charge in [-0.1, -0.05) is 18.2 Å². The van der Waals surface area contributed by atoms with Gasteiger partial charge in [0.1, 0.15) is 0 Å². The monoisotopic (exact) mass is 410 g/mol. The molecular formula is C22H22N2O4S. The number of nitrogens with one attached hydrogen (secondary N) is 1. The Morgan fingerprint density at radius 3 is 2.34 bits per heavy atom. The Bertz CT molecular complexity index is 1030. The first kappa shape index (κ1) is 20.5. The molecule has 1 amide bonds. The lowest BCUT2D eigenvalue weighted by Gasteiger charge is -2.13. The number of thiazole rings is 1. The average Bonchev–Trinajstić information content (AvgIpc) is 3.13. The molecule has 1 N–H and O–H groups in total. The van der Waals surface area contributed by atoms with Crippen molar-refractivity contribution < 1.29 is 19.1 Å². The Morgan fingerprint density at radius 2 is 1.69 bits per heavy atom. The lowest BCUT2D eigenvalue weighted by Crippen LogP contribution is -2.17. The van der Waals surface area contributed by atoms with Crippen LogP contribution in [0.5, 0.6) is 11.5 Å². The van der Waals surface area contributed by atoms with E-state index in [2.05, 4.69) is 10.3 Å². The molecule has 3 rings (SSSR count). The Hall–Kier alpha value is -3.19. The average molecular weight is 410 g/mol. The van der Waals surface area contributed by atoms with E-state index in [1.807, 2.05) is 20.8 Å². The van der Waals surface area contributed by atoms with Crippen molar-refractivity contribution >= 4 is 28.2 Å². The first-order valence-corrected chi connectivity index (χ1v) is 10.1. The molecule has 7 heteroatoms. The van der Waals surface area contributed by atoms with Crippen molar-refractivity contribution in [1.82, 2.24) is 4.98 Å². The minimum atomic E-state index is -0.376. The zero-order valence-electron chi connectivity index (χ0n) is 16.5. The zero-order chi connectivity index (χ0) is 20.8. The van der Waals surface area contributed by atoms with Gasteiger partial charge in [-0.05, 0) is 45.0 Å². The highest BCUT2D eigenvalue weighted by atomic mass is 32.1. The van der Waals surface area contributed by atoms with Crippen LogP contribution in [0.1, 0.15) is 45.0 Å². The highest BCUT2D eigenvalue weighted by Gasteiger charge is 2.20. The minimum absolute atomic E-state index is 0.268. The number of rotatable bonds is 8. The van der Waals surface area contributed by atoms with Crippen LogP contribution in [-0.4, -0.2) is 29.9 Å². The van der Waals surface area contributed by atoms with Gasteiger partial charge in [-0.25, -0.2) is 4.98 Å². The van der Waals surface area contributed by atoms with Crippen molar-refractivity contribution in [3.05, 3.63) is 70.2 Å². The molecule has 0 saturated carbocycles. The van der Waals surface area contributed by atoms with E-state index in [0.717, 1.165) is 4.88 Å². The molecule has 150 valence electrons. The third kappa shape index (κ3) is 4.81. The maximum atomic E-state index is 13.2. The molecule has 0 fully saturated rings. The van der Waals surface area contributed by atoms with Gasteiger partial charge in [-0.3, -0.25) is 14.9 Å². The second-order valence-corrected chi connectivity index (χ2v) is 7.37. The fraction of sp³-hybridized carbons (Fsp3) is 0.227. The summed E-state index contributed by atoms with van der Waals surface area (Å²) in [6, 6.07) is 11.8. The number of ether oxygens (including phenoxy) is 2. The van der Waals surface area contributed by atoms with Crippen molar-refractivity contribution in [2.75, 3.05) is 18.5 Å². The van der Waals surface area contributed by atoms with E-state index >= 15 is 0 Å². The number of aromatic nitrogens is 1. The smallest absolute Gasteiger partial charge is 0.258 e. The molecule has 0 unspecified atom stereocenters. The van der Waals surface area contributed by atoms with Gasteiger partial charge < -0.3 is 9.47 Å². The maximum absolute atomic E-state index is 13.2. The fourth-order valence-corrected chi connectivity index (χ4v) is 3.46. The first-order chi connectivity index (χ1) is 14.0. The summed E-state index contributed by atoms with van der Waals surface area (Å²) < 4.78 is 11.2. The van der Waals surface area contributed by atoms with Gasteiger partial charge in [0.05, 0.1) is 18.8 Å². The predicted octanol–water partition coefficient (Wildman–Crippen LogP) is 4.73. The summed E-state index contributed by atoms with van der Waals surface area (Å²) in [6.07, 6.45) is 1.69. The number of benzene rings is 2. The molecule has 0 saturated heterocycles. The summed E-state index contributed by atoms with van der Waals surface area (Å²) in [5.74, 6) is 0.436. The molecule has 6 nitrogen and oxygen atoms in total. The highest BCUT2D eigenvalue weighted by molar-refractivity contribution is 7.15. The summed E-state index contributed by atoms with van der Waals surface area (Å²) in [6.45, 7) is 6.60. The third-order valence-electron chi connectivity index (χ3n) is 4.06. The third-order valence-corrected chi connectivity index (χ3v) is 4.89. The minimum Gasteiger partial charge on any atom is -0.490 e. The molecular weight excluding hydrogens is 388 g/mol. The van der Waals surface area contributed by atoms with Crippen molar-refractivity contribution in [3.8, 4) is 11.5 Å². The molecule has 0 aliphatic heterocycles. The summed E-state index contributed by atoms with van der Waals surface area (Å²) >= 11 is 1.38. The summed E-state index contributed by atoms with van der Waals surface area (Å²) in [5.41, 5.74) is 1.02. The number of carbonyl (C=O) groups excluding carboxylic acids is 2. The van der Waals surface area contributed by atoms with Gasteiger partial charge in [0, 0.05) is 22.2 Å². The number of hydrogen-bond acceptors (Lipinski definition) is 6. The van der Waals surface area contributed by atoms with Crippen LogP contribution in [0.25, 0.3) is 0 Å². The SMILES string of the molecule is CCOc1ccc(C(=O)c2ccccc2C(=O)Nc2ncc(C)s2)cc1OCC. The van der Waals surface area contributed by atoms with Crippen molar-refractivity contribution in [2.24, 2.45) is 0 Å². The summed E-state index contributed by atoms with van der Waals surface area (Å²) in [7, 11) is 0. The second kappa shape index (κ2) is 9.34. The van der Waals surface area contributed by atoms with Crippen molar-refractivity contribution in [3.63, 3.8) is 0 Å². The Morgan fingerprint density at radius 1 is 1.00 bits per heavy atom. The molecule has 0 radical (unpaired) electrons. The van der Waals surface area contributed by atoms with Crippen LogP contribution in [0, 0.1) is 6.92 Å². The lowest BCUT2D eigenvalue weighted by atomic mass is 9.97. The number of anilines is 1. The van der Waals surface area contributed by atoms with E-state index < -0.39 is 0 Å². The molecule has 2 aromatic carbocycles. The number of amides is 1. The highest BCUT2D eigenvalue weighted by Crippen LogP contribution is 2.30. The summed E-state index contributed by atoms with van der Waals surface area (Å²) in [4.78, 5) is 31.0. The van der Waals surface area contributed by atoms with Crippen LogP contribution in [0.4, 0.5) is 5.13 Å². The van der Waals surface area contributed by atoms with Crippen LogP contribution in [0.2, 0.25) is 0 Å². The van der Waals surface area contributed by atoms with Crippen LogP contribution in [-0.2, 0) is 0 Å². The molecule has 0 aliphatic rings. The molecule has 1 heterocycles. The summed E-state index contributed by atoms with van der Waals surface area (Å²) in [5, 5.41) is 3.25. The Balaban J connectivity index is 1.91. The molecule has 1 aromatic heterocycles. The van der Waals surface area contributed by atoms with E-state index in [1.54, 1.807) is 48.7 Å². The number of hydrogen-bond donors (Lipinski definition) is 1. The molecule has 29 heavy (non-hydrogen) atoms. The number of nitrogens with zero attached hydrogens (tertiary/aromatic N) is 1. The Labute approximate surface area is 173 Å². The van der Waals surface area contributed by atoms with E-state index in [0.29, 0.717) is 41.0 Å². The van der Waals surface area contributed by atoms with Crippen LogP contribution in [0.3, 0.4) is 0 Å². The van der Waals surface area contributed by atoms with Gasteiger partial charge in [-0.15, -0.1) is 11.3 Å². The van der Waals surface area contributed by atoms with E-state index in [-0.39, 0.29) is 17.3 Å². The standard InChI is InChI=1S/C22H22N2O4S/c1-4-27-18-11-10-15(12-19(18)28-5-2)20(25)16-8-6-7-9-17(16)21(26)24-22-23-13-14(3)29-22/h6-13H,4-5H2,1-3H3,(H,23,24,26). The van der Waals surface area contributed by atoms with Crippen LogP contribution >= 0.6 is 11.3 Å². The lowest BCUT2D eigenvalue weighted by molar-refractivity contribution is 0.0996. The molecule has 0 bridgehead atoms. The molecule has 0 spiro atoms. The van der Waals surface area contributed by atoms with E-state index in [9.17, 15) is 9.59 Å². The van der Waals surface area contributed by atoms with E-state index in [1.165, 1.54) is 11.3 Å². The quantitative estimate of drug-likeness (QED) is 0.543. The van der Waals surface area contributed by atoms with Gasteiger partial charge in [0.15, 0.2) is 22.4 Å². The normalized spacial score (nSPS) is 10.4. The van der Waals surface area contributed by atoms with Gasteiger partial charge in [0.2, 0.25) is 0 Å². The number of carbonyl (C=O) groups is 2. The Kier molecular flexibility index (Phi) is 6.61. The van der Waals surface area contributed by atoms with E-state index in [4.69, 9.17) is 9.47 Å². The first-order valence-electron chi connectivity index (χ1n) is 9.30. The fourth-order valence-electron chi connectivity index (χ4n) is 2.80. The van der Waals surface area contributed by atoms with Crippen molar-refractivity contribution in [1.29, 1.82) is 0 Å². The van der Waals surface area contributed by atoms with Crippen molar-refractivity contribution in [2.45, 2.75) is 20.8 Å². The molecule has 3 aromatic rings. The topological polar surface area (TPSA) is 77.5 Å². The number of ketones is 1. The maximum Gasteiger partial charge on any atom is 0.258 e. The van der Waals surface area contributed by atoms with Gasteiger partial charge in [-0.2, -0.15) is 0 Å². The second-order valence-electron chi connectivity index (χ2n) is 6.13. The predicted molar refractivity (Wildman–Crippen MR) is 113 cm³/mol. The van der Waals surface area contributed by atoms with Gasteiger partial charge >= 0.3 is 0 Å². The molecule has 0 aliphatic carbocycles. The van der Waals surface area contributed by atoms with Gasteiger partial charge in [0.25, 0.3) is 5.91 Å². The number of aryl methyl sites for hydroxylation is 1. The van der Waals surface area contributed by atoms with Crippen LogP contribution in [0.15, 0.2) is 48.7 Å². The largest absolute Gasteiger partial charge is 0.490 e. The van der Waals surface area contributed by atoms with Crippen LogP contribution < -0.4 is 14.8 Å². The zero-order valence-corrected chi connectivity index (χ0v) is 17.3.